The number of rotatable bonds is 4. The lowest BCUT2D eigenvalue weighted by Gasteiger charge is -2.46. The van der Waals surface area contributed by atoms with Crippen molar-refractivity contribution < 1.29 is 9.13 Å². The minimum absolute atomic E-state index is 0.298. The first-order valence-corrected chi connectivity index (χ1v) is 14.5. The number of hydrogen-bond donors (Lipinski definition) is 0. The van der Waals surface area contributed by atoms with E-state index in [1.165, 1.54) is 12.1 Å². The van der Waals surface area contributed by atoms with Gasteiger partial charge in [-0.15, -0.1) is 0 Å². The Morgan fingerprint density at radius 1 is 0.947 bits per heavy atom. The number of aryl methyl sites for hydroxylation is 1. The van der Waals surface area contributed by atoms with Gasteiger partial charge in [-0.2, -0.15) is 5.10 Å². The maximum Gasteiger partial charge on any atom is 0.170 e. The minimum Gasteiger partial charge on any atom is -0.379 e. The number of fused-ring (bicyclic) bond motifs is 1. The van der Waals surface area contributed by atoms with Crippen LogP contribution in [0.4, 0.5) is 15.9 Å². The highest BCUT2D eigenvalue weighted by atomic mass is 35.5. The number of amidine groups is 1. The number of para-hydroxylation sites is 1. The number of hydrogen-bond acceptors (Lipinski definition) is 4. The lowest BCUT2D eigenvalue weighted by Crippen LogP contribution is -2.45. The molecule has 7 nitrogen and oxygen atoms in total. The van der Waals surface area contributed by atoms with Crippen molar-refractivity contribution in [1.82, 2.24) is 19.1 Å². The van der Waals surface area contributed by atoms with Gasteiger partial charge in [0.05, 0.1) is 40.6 Å². The van der Waals surface area contributed by atoms with Crippen molar-refractivity contribution in [3.8, 4) is 5.69 Å². The molecule has 0 amide bonds. The molecule has 0 saturated carbocycles. The second-order valence-electron chi connectivity index (χ2n) is 9.16. The summed E-state index contributed by atoms with van der Waals surface area (Å²) in [7, 11) is -0.725. The summed E-state index contributed by atoms with van der Waals surface area (Å²) < 4.78 is 31.7. The van der Waals surface area contributed by atoms with Crippen LogP contribution in [0.2, 0.25) is 5.02 Å². The van der Waals surface area contributed by atoms with E-state index in [9.17, 15) is 4.39 Å². The van der Waals surface area contributed by atoms with Gasteiger partial charge in [0.1, 0.15) is 11.7 Å². The van der Waals surface area contributed by atoms with Gasteiger partial charge in [0.15, 0.2) is 13.2 Å². The van der Waals surface area contributed by atoms with Gasteiger partial charge in [-0.3, -0.25) is 0 Å². The summed E-state index contributed by atoms with van der Waals surface area (Å²) in [4.78, 5) is 5.18. The highest BCUT2D eigenvalue weighted by Crippen LogP contribution is 2.62. The maximum atomic E-state index is 13.9. The van der Waals surface area contributed by atoms with E-state index in [0.717, 1.165) is 28.1 Å². The van der Waals surface area contributed by atoms with Gasteiger partial charge in [0.25, 0.3) is 0 Å². The summed E-state index contributed by atoms with van der Waals surface area (Å²) in [5, 5.41) is 6.55. The van der Waals surface area contributed by atoms with Crippen molar-refractivity contribution in [3.05, 3.63) is 101 Å². The van der Waals surface area contributed by atoms with Gasteiger partial charge in [0.2, 0.25) is 0 Å². The second kappa shape index (κ2) is 10.1. The van der Waals surface area contributed by atoms with Crippen LogP contribution in [0.15, 0.2) is 88.6 Å². The molecule has 4 aromatic rings. The average molecular weight is 549 g/mol. The molecule has 2 aliphatic rings. The molecular weight excluding hydrogens is 522 g/mol. The van der Waals surface area contributed by atoms with Crippen molar-refractivity contribution in [1.29, 1.82) is 0 Å². The number of aliphatic imine (C=N–C) groups is 1. The monoisotopic (exact) mass is 548 g/mol. The molecule has 2 aliphatic heterocycles. The molecule has 0 spiro atoms. The highest BCUT2D eigenvalue weighted by Gasteiger charge is 2.45. The smallest absolute Gasteiger partial charge is 0.170 e. The third kappa shape index (κ3) is 4.18. The van der Waals surface area contributed by atoms with Gasteiger partial charge in [0, 0.05) is 25.7 Å². The van der Waals surface area contributed by atoms with Crippen LogP contribution >= 0.6 is 19.0 Å². The third-order valence-corrected chi connectivity index (χ3v) is 11.0. The molecular formula is C28H27ClFN6OP. The zero-order chi connectivity index (χ0) is 26.3. The lowest BCUT2D eigenvalue weighted by molar-refractivity contribution is 0.0732. The van der Waals surface area contributed by atoms with Crippen molar-refractivity contribution in [2.24, 2.45) is 9.74 Å². The molecule has 194 valence electrons. The molecule has 0 aliphatic carbocycles. The SMILES string of the molecule is Cc1nn(-c2ccccc2)c2c1[P@@](=Nc1ccccc1Cl)(N1CCOCC1)N(C)C(c1ccc(F)cc1)=N2. The Morgan fingerprint density at radius 2 is 1.63 bits per heavy atom. The van der Waals surface area contributed by atoms with Crippen molar-refractivity contribution in [3.63, 3.8) is 0 Å². The predicted molar refractivity (Wildman–Crippen MR) is 151 cm³/mol. The fraction of sp³-hybridized carbons (Fsp3) is 0.214. The molecule has 6 rings (SSSR count). The molecule has 1 atom stereocenters. The number of benzene rings is 3. The zero-order valence-corrected chi connectivity index (χ0v) is 22.8. The van der Waals surface area contributed by atoms with E-state index in [1.54, 1.807) is 12.1 Å². The fourth-order valence-corrected chi connectivity index (χ4v) is 9.11. The van der Waals surface area contributed by atoms with Crippen LogP contribution in [-0.4, -0.2) is 58.3 Å². The molecule has 0 radical (unpaired) electrons. The minimum atomic E-state index is -2.75. The normalized spacial score (nSPS) is 19.7. The Hall–Kier alpha value is -3.29. The first-order chi connectivity index (χ1) is 18.5. The maximum absolute atomic E-state index is 13.9. The standard InChI is InChI=1S/C28H27ClFN6OP/c1-20-26-28(36(32-20)23-8-4-3-5-9-23)31-27(21-12-14-22(30)15-13-21)34(2)38(26,35-16-18-37-19-17-35)33-25-11-7-6-10-24(25)29/h3-15H,16-19H2,1-2H3/t38-/m0/s1. The Balaban J connectivity index is 1.72. The second-order valence-corrected chi connectivity index (χ2v) is 12.5. The topological polar surface area (TPSA) is 58.3 Å². The first kappa shape index (κ1) is 25.0. The van der Waals surface area contributed by atoms with Crippen LogP contribution in [0.25, 0.3) is 5.69 Å². The molecule has 0 bridgehead atoms. The number of nitrogens with zero attached hydrogens (tertiary/aromatic N) is 6. The van der Waals surface area contributed by atoms with Gasteiger partial charge < -0.3 is 9.41 Å². The quantitative estimate of drug-likeness (QED) is 0.280. The summed E-state index contributed by atoms with van der Waals surface area (Å²) in [5.41, 5.74) is 3.26. The molecule has 10 heteroatoms. The molecule has 1 saturated heterocycles. The van der Waals surface area contributed by atoms with E-state index in [2.05, 4.69) is 9.34 Å². The highest BCUT2D eigenvalue weighted by molar-refractivity contribution is 7.70. The van der Waals surface area contributed by atoms with E-state index in [0.29, 0.717) is 42.8 Å². The van der Waals surface area contributed by atoms with Crippen LogP contribution in [0.5, 0.6) is 0 Å². The molecule has 38 heavy (non-hydrogen) atoms. The summed E-state index contributed by atoms with van der Waals surface area (Å²) in [6.07, 6.45) is 0. The van der Waals surface area contributed by atoms with Gasteiger partial charge in [-0.1, -0.05) is 41.9 Å². The molecule has 0 unspecified atom stereocenters. The van der Waals surface area contributed by atoms with E-state index in [-0.39, 0.29) is 5.82 Å². The van der Waals surface area contributed by atoms with Gasteiger partial charge in [-0.05, 0) is 55.5 Å². The zero-order valence-electron chi connectivity index (χ0n) is 21.1. The Bertz CT molecular complexity index is 1560. The fourth-order valence-electron chi connectivity index (χ4n) is 5.04. The summed E-state index contributed by atoms with van der Waals surface area (Å²) in [6.45, 7) is 4.59. The van der Waals surface area contributed by atoms with Crippen molar-refractivity contribution in [2.75, 3.05) is 33.4 Å². The van der Waals surface area contributed by atoms with Crippen LogP contribution < -0.4 is 5.30 Å². The molecule has 0 N–H and O–H groups in total. The number of ether oxygens (including phenoxy) is 1. The molecule has 3 heterocycles. The number of aromatic nitrogens is 2. The van der Waals surface area contributed by atoms with E-state index >= 15 is 0 Å². The van der Waals surface area contributed by atoms with Crippen molar-refractivity contribution >= 4 is 41.6 Å². The van der Waals surface area contributed by atoms with E-state index in [1.807, 2.05) is 73.3 Å². The predicted octanol–water partition coefficient (Wildman–Crippen LogP) is 6.32. The summed E-state index contributed by atoms with van der Waals surface area (Å²) in [6, 6.07) is 24.1. The molecule has 1 fully saturated rings. The Kier molecular flexibility index (Phi) is 6.66. The van der Waals surface area contributed by atoms with Crippen molar-refractivity contribution in [2.45, 2.75) is 6.92 Å². The average Bonchev–Trinajstić information content (AvgIpc) is 3.29. The van der Waals surface area contributed by atoms with Crippen LogP contribution in [-0.2, 0) is 4.74 Å². The van der Waals surface area contributed by atoms with E-state index < -0.39 is 7.36 Å². The summed E-state index contributed by atoms with van der Waals surface area (Å²) >= 11 is 6.70. The van der Waals surface area contributed by atoms with E-state index in [4.69, 9.17) is 31.2 Å². The van der Waals surface area contributed by atoms with Crippen LogP contribution in [0, 0.1) is 12.7 Å². The first-order valence-electron chi connectivity index (χ1n) is 12.4. The third-order valence-electron chi connectivity index (χ3n) is 6.83. The Labute approximate surface area is 226 Å². The van der Waals surface area contributed by atoms with Gasteiger partial charge >= 0.3 is 0 Å². The number of morpholine rings is 1. The molecule has 3 aromatic carbocycles. The lowest BCUT2D eigenvalue weighted by atomic mass is 10.2. The number of halogens is 2. The Morgan fingerprint density at radius 3 is 2.34 bits per heavy atom. The summed E-state index contributed by atoms with van der Waals surface area (Å²) in [5.74, 6) is 1.13. The van der Waals surface area contributed by atoms with Gasteiger partial charge in [-0.25, -0.2) is 23.5 Å². The largest absolute Gasteiger partial charge is 0.379 e. The molecule has 1 aromatic heterocycles. The van der Waals surface area contributed by atoms with Crippen LogP contribution in [0.3, 0.4) is 0 Å². The van der Waals surface area contributed by atoms with Crippen LogP contribution in [0.1, 0.15) is 11.3 Å².